The van der Waals surface area contributed by atoms with E-state index in [2.05, 4.69) is 15.7 Å². The van der Waals surface area contributed by atoms with Crippen LogP contribution >= 0.6 is 11.6 Å². The fourth-order valence-electron chi connectivity index (χ4n) is 1.49. The first-order valence-corrected chi connectivity index (χ1v) is 5.95. The molecule has 0 unspecified atom stereocenters. The van der Waals surface area contributed by atoms with E-state index in [1.165, 1.54) is 18.3 Å². The van der Waals surface area contributed by atoms with Crippen molar-refractivity contribution >= 4 is 28.9 Å². The second-order valence-electron chi connectivity index (χ2n) is 3.84. The van der Waals surface area contributed by atoms with Gasteiger partial charge in [-0.1, -0.05) is 11.6 Å². The van der Waals surface area contributed by atoms with Crippen molar-refractivity contribution in [2.75, 3.05) is 10.7 Å². The Bertz CT molecular complexity index is 678. The summed E-state index contributed by atoms with van der Waals surface area (Å²) in [6.45, 7) is 0. The van der Waals surface area contributed by atoms with Crippen LogP contribution in [0.1, 0.15) is 16.1 Å². The molecule has 0 aliphatic carbocycles. The number of nitrogens with one attached hydrogen (secondary N) is 2. The molecule has 20 heavy (non-hydrogen) atoms. The van der Waals surface area contributed by atoms with Crippen LogP contribution in [0.5, 0.6) is 0 Å². The van der Waals surface area contributed by atoms with Crippen molar-refractivity contribution in [1.82, 2.24) is 4.98 Å². The van der Waals surface area contributed by atoms with E-state index in [0.29, 0.717) is 22.0 Å². The largest absolute Gasteiger partial charge is 0.323 e. The van der Waals surface area contributed by atoms with Crippen LogP contribution < -0.4 is 16.6 Å². The maximum absolute atomic E-state index is 12.0. The zero-order chi connectivity index (χ0) is 14.5. The maximum atomic E-state index is 12.0. The van der Waals surface area contributed by atoms with Crippen LogP contribution in [0.25, 0.3) is 0 Å². The molecule has 1 amide bonds. The predicted octanol–water partition coefficient (Wildman–Crippen LogP) is 2.14. The third-order valence-corrected chi connectivity index (χ3v) is 2.84. The summed E-state index contributed by atoms with van der Waals surface area (Å²) in [5.74, 6) is 4.79. The molecule has 7 heteroatoms. The summed E-state index contributed by atoms with van der Waals surface area (Å²) in [6, 6.07) is 9.73. The van der Waals surface area contributed by atoms with E-state index in [-0.39, 0.29) is 5.69 Å². The average molecular weight is 288 g/mol. The molecule has 0 aliphatic heterocycles. The standard InChI is InChI=1S/C13H10ClN5O/c14-10-3-1-8(6-15)5-12(10)18-13(20)11-4-2-9(19-16)7-17-11/h1-5,7,19H,16H2,(H,18,20). The molecule has 0 aliphatic rings. The zero-order valence-corrected chi connectivity index (χ0v) is 11.0. The van der Waals surface area contributed by atoms with Crippen molar-refractivity contribution < 1.29 is 4.79 Å². The highest BCUT2D eigenvalue weighted by Crippen LogP contribution is 2.23. The molecule has 0 fully saturated rings. The fourth-order valence-corrected chi connectivity index (χ4v) is 1.66. The second kappa shape index (κ2) is 6.02. The Morgan fingerprint density at radius 2 is 2.15 bits per heavy atom. The Balaban J connectivity index is 2.20. The number of anilines is 2. The fraction of sp³-hybridized carbons (Fsp3) is 0. The van der Waals surface area contributed by atoms with Gasteiger partial charge in [0.1, 0.15) is 5.69 Å². The summed E-state index contributed by atoms with van der Waals surface area (Å²) in [6.07, 6.45) is 1.43. The molecule has 0 saturated heterocycles. The zero-order valence-electron chi connectivity index (χ0n) is 10.2. The molecule has 0 radical (unpaired) electrons. The summed E-state index contributed by atoms with van der Waals surface area (Å²) in [7, 11) is 0. The topological polar surface area (TPSA) is 104 Å². The number of aromatic nitrogens is 1. The number of hydrogen-bond donors (Lipinski definition) is 3. The van der Waals surface area contributed by atoms with Crippen LogP contribution in [0.15, 0.2) is 36.5 Å². The van der Waals surface area contributed by atoms with E-state index in [9.17, 15) is 4.79 Å². The van der Waals surface area contributed by atoms with Crippen molar-refractivity contribution in [1.29, 1.82) is 5.26 Å². The molecule has 2 rings (SSSR count). The number of nitrogens with two attached hydrogens (primary N) is 1. The van der Waals surface area contributed by atoms with Crippen molar-refractivity contribution in [3.8, 4) is 6.07 Å². The number of hydrogen-bond acceptors (Lipinski definition) is 5. The number of nitrogens with zero attached hydrogens (tertiary/aromatic N) is 2. The van der Waals surface area contributed by atoms with Gasteiger partial charge in [-0.15, -0.1) is 0 Å². The quantitative estimate of drug-likeness (QED) is 0.593. The van der Waals surface area contributed by atoms with Crippen molar-refractivity contribution in [2.24, 2.45) is 5.84 Å². The lowest BCUT2D eigenvalue weighted by molar-refractivity contribution is 0.102. The van der Waals surface area contributed by atoms with Gasteiger partial charge in [0, 0.05) is 0 Å². The van der Waals surface area contributed by atoms with E-state index in [4.69, 9.17) is 22.7 Å². The molecule has 1 aromatic carbocycles. The monoisotopic (exact) mass is 287 g/mol. The maximum Gasteiger partial charge on any atom is 0.274 e. The number of carbonyl (C=O) groups is 1. The van der Waals surface area contributed by atoms with Crippen molar-refractivity contribution in [3.05, 3.63) is 52.8 Å². The number of halogens is 1. The number of nitriles is 1. The summed E-state index contributed by atoms with van der Waals surface area (Å²) >= 11 is 5.96. The molecule has 1 heterocycles. The Labute approximate surface area is 120 Å². The van der Waals surface area contributed by atoms with Gasteiger partial charge in [0.25, 0.3) is 5.91 Å². The predicted molar refractivity (Wildman–Crippen MR) is 76.2 cm³/mol. The first-order chi connectivity index (χ1) is 9.63. The van der Waals surface area contributed by atoms with Gasteiger partial charge in [-0.3, -0.25) is 10.6 Å². The Kier molecular flexibility index (Phi) is 4.15. The molecular formula is C13H10ClN5O. The summed E-state index contributed by atoms with van der Waals surface area (Å²) < 4.78 is 0. The van der Waals surface area contributed by atoms with Crippen LogP contribution in [-0.2, 0) is 0 Å². The number of amides is 1. The lowest BCUT2D eigenvalue weighted by atomic mass is 10.2. The van der Waals surface area contributed by atoms with Gasteiger partial charge in [-0.05, 0) is 30.3 Å². The normalized spacial score (nSPS) is 9.65. The Hall–Kier alpha value is -2.62. The van der Waals surface area contributed by atoms with Gasteiger partial charge in [0.05, 0.1) is 34.2 Å². The number of carbonyl (C=O) groups excluding carboxylic acids is 1. The van der Waals surface area contributed by atoms with Gasteiger partial charge < -0.3 is 10.7 Å². The Morgan fingerprint density at radius 1 is 1.35 bits per heavy atom. The molecule has 2 aromatic rings. The minimum Gasteiger partial charge on any atom is -0.323 e. The minimum absolute atomic E-state index is 0.211. The molecule has 0 saturated carbocycles. The van der Waals surface area contributed by atoms with Crippen LogP contribution in [0, 0.1) is 11.3 Å². The van der Waals surface area contributed by atoms with E-state index in [0.717, 1.165) is 0 Å². The first-order valence-electron chi connectivity index (χ1n) is 5.57. The smallest absolute Gasteiger partial charge is 0.274 e. The van der Waals surface area contributed by atoms with E-state index < -0.39 is 5.91 Å². The number of pyridine rings is 1. The summed E-state index contributed by atoms with van der Waals surface area (Å²) in [5.41, 5.74) is 3.98. The second-order valence-corrected chi connectivity index (χ2v) is 4.24. The van der Waals surface area contributed by atoms with E-state index >= 15 is 0 Å². The molecule has 0 bridgehead atoms. The minimum atomic E-state index is -0.425. The van der Waals surface area contributed by atoms with E-state index in [1.54, 1.807) is 18.2 Å². The van der Waals surface area contributed by atoms with Crippen LogP contribution in [-0.4, -0.2) is 10.9 Å². The van der Waals surface area contributed by atoms with Gasteiger partial charge in [0.2, 0.25) is 0 Å². The molecule has 6 nitrogen and oxygen atoms in total. The lowest BCUT2D eigenvalue weighted by Crippen LogP contribution is -2.14. The van der Waals surface area contributed by atoms with Crippen molar-refractivity contribution in [3.63, 3.8) is 0 Å². The highest BCUT2D eigenvalue weighted by molar-refractivity contribution is 6.34. The van der Waals surface area contributed by atoms with Crippen LogP contribution in [0.2, 0.25) is 5.02 Å². The van der Waals surface area contributed by atoms with E-state index in [1.807, 2.05) is 6.07 Å². The summed E-state index contributed by atoms with van der Waals surface area (Å²) in [5, 5.41) is 11.8. The average Bonchev–Trinajstić information content (AvgIpc) is 2.49. The molecule has 0 spiro atoms. The third-order valence-electron chi connectivity index (χ3n) is 2.51. The van der Waals surface area contributed by atoms with Gasteiger partial charge in [-0.2, -0.15) is 5.26 Å². The number of hydrazine groups is 1. The number of rotatable bonds is 3. The summed E-state index contributed by atoms with van der Waals surface area (Å²) in [4.78, 5) is 16.0. The molecule has 4 N–H and O–H groups in total. The first kappa shape index (κ1) is 13.8. The number of nitrogen functional groups attached to an aromatic ring is 1. The molecule has 100 valence electrons. The molecular weight excluding hydrogens is 278 g/mol. The third kappa shape index (κ3) is 3.03. The highest BCUT2D eigenvalue weighted by Gasteiger charge is 2.10. The highest BCUT2D eigenvalue weighted by atomic mass is 35.5. The number of benzene rings is 1. The SMILES string of the molecule is N#Cc1ccc(Cl)c(NC(=O)c2ccc(NN)cn2)c1. The van der Waals surface area contributed by atoms with Gasteiger partial charge >= 0.3 is 0 Å². The van der Waals surface area contributed by atoms with Gasteiger partial charge in [-0.25, -0.2) is 4.98 Å². The van der Waals surface area contributed by atoms with Crippen LogP contribution in [0.3, 0.4) is 0 Å². The molecule has 0 atom stereocenters. The Morgan fingerprint density at radius 3 is 2.75 bits per heavy atom. The lowest BCUT2D eigenvalue weighted by Gasteiger charge is -2.07. The van der Waals surface area contributed by atoms with Crippen LogP contribution in [0.4, 0.5) is 11.4 Å². The van der Waals surface area contributed by atoms with Gasteiger partial charge in [0.15, 0.2) is 0 Å². The molecule has 1 aromatic heterocycles. The van der Waals surface area contributed by atoms with Crippen molar-refractivity contribution in [2.45, 2.75) is 0 Å².